The van der Waals surface area contributed by atoms with E-state index in [1.807, 2.05) is 5.51 Å². The molecule has 4 heteroatoms. The molecule has 0 radical (unpaired) electrons. The quantitative estimate of drug-likeness (QED) is 0.777. The number of aromatic nitrogens is 1. The minimum absolute atomic E-state index is 0.746. The van der Waals surface area contributed by atoms with Gasteiger partial charge in [-0.25, -0.2) is 4.98 Å². The third-order valence-corrected chi connectivity index (χ3v) is 3.77. The fraction of sp³-hybridized carbons (Fsp3) is 0.400. The number of rotatable bonds is 7. The summed E-state index contributed by atoms with van der Waals surface area (Å²) >= 11 is 1.65. The smallest absolute Gasteiger partial charge is 0.0795 e. The molecule has 0 fully saturated rings. The summed E-state index contributed by atoms with van der Waals surface area (Å²) < 4.78 is 5.20. The van der Waals surface area contributed by atoms with Gasteiger partial charge in [-0.1, -0.05) is 24.3 Å². The molecule has 1 heterocycles. The molecule has 0 saturated carbocycles. The van der Waals surface area contributed by atoms with Gasteiger partial charge in [-0.3, -0.25) is 4.90 Å². The molecule has 1 aromatic heterocycles. The molecule has 0 aliphatic heterocycles. The minimum Gasteiger partial charge on any atom is -0.383 e. The van der Waals surface area contributed by atoms with Crippen molar-refractivity contribution in [1.82, 2.24) is 9.88 Å². The van der Waals surface area contributed by atoms with Crippen LogP contribution in [0.15, 0.2) is 35.2 Å². The standard InChI is InChI=1S/C15H20N2OS/c1-13-5-3-4-6-14(13)9-17(7-8-18-2)10-15-11-19-12-16-15/h3-6,11-12H,7-10H2,1-2H3. The van der Waals surface area contributed by atoms with Crippen molar-refractivity contribution in [3.05, 3.63) is 52.0 Å². The number of benzene rings is 1. The first-order valence-corrected chi connectivity index (χ1v) is 7.36. The van der Waals surface area contributed by atoms with Crippen LogP contribution in [0.3, 0.4) is 0 Å². The van der Waals surface area contributed by atoms with Gasteiger partial charge in [0.1, 0.15) is 0 Å². The van der Waals surface area contributed by atoms with Crippen LogP contribution in [0.1, 0.15) is 16.8 Å². The van der Waals surface area contributed by atoms with Crippen molar-refractivity contribution in [2.45, 2.75) is 20.0 Å². The second-order valence-corrected chi connectivity index (χ2v) is 5.33. The van der Waals surface area contributed by atoms with Crippen LogP contribution < -0.4 is 0 Å². The van der Waals surface area contributed by atoms with E-state index in [1.165, 1.54) is 11.1 Å². The maximum absolute atomic E-state index is 5.20. The van der Waals surface area contributed by atoms with Crippen molar-refractivity contribution in [1.29, 1.82) is 0 Å². The number of hydrogen-bond acceptors (Lipinski definition) is 4. The summed E-state index contributed by atoms with van der Waals surface area (Å²) in [7, 11) is 1.74. The summed E-state index contributed by atoms with van der Waals surface area (Å²) in [5.74, 6) is 0. The van der Waals surface area contributed by atoms with Gasteiger partial charge in [0.15, 0.2) is 0 Å². The van der Waals surface area contributed by atoms with Crippen LogP contribution in [-0.4, -0.2) is 30.1 Å². The van der Waals surface area contributed by atoms with E-state index in [4.69, 9.17) is 4.74 Å². The van der Waals surface area contributed by atoms with E-state index in [0.717, 1.165) is 31.9 Å². The topological polar surface area (TPSA) is 25.4 Å². The van der Waals surface area contributed by atoms with Gasteiger partial charge in [0.2, 0.25) is 0 Å². The first kappa shape index (κ1) is 14.2. The SMILES string of the molecule is COCCN(Cc1cscn1)Cc1ccccc1C. The van der Waals surface area contributed by atoms with E-state index in [9.17, 15) is 0 Å². The van der Waals surface area contributed by atoms with Crippen molar-refractivity contribution >= 4 is 11.3 Å². The number of hydrogen-bond donors (Lipinski definition) is 0. The molecule has 0 saturated heterocycles. The number of methoxy groups -OCH3 is 1. The normalized spacial score (nSPS) is 11.1. The molecular formula is C15H20N2OS. The van der Waals surface area contributed by atoms with Gasteiger partial charge in [-0.15, -0.1) is 11.3 Å². The highest BCUT2D eigenvalue weighted by atomic mass is 32.1. The van der Waals surface area contributed by atoms with Crippen LogP contribution >= 0.6 is 11.3 Å². The lowest BCUT2D eigenvalue weighted by Crippen LogP contribution is -2.27. The summed E-state index contributed by atoms with van der Waals surface area (Å²) in [4.78, 5) is 6.74. The van der Waals surface area contributed by atoms with E-state index in [0.29, 0.717) is 0 Å². The number of aryl methyl sites for hydroxylation is 1. The highest BCUT2D eigenvalue weighted by molar-refractivity contribution is 7.07. The molecule has 0 atom stereocenters. The molecule has 0 amide bonds. The van der Waals surface area contributed by atoms with Gasteiger partial charge in [-0.05, 0) is 18.1 Å². The van der Waals surface area contributed by atoms with E-state index in [-0.39, 0.29) is 0 Å². The van der Waals surface area contributed by atoms with Crippen molar-refractivity contribution in [3.63, 3.8) is 0 Å². The first-order chi connectivity index (χ1) is 9.29. The lowest BCUT2D eigenvalue weighted by molar-refractivity contribution is 0.139. The predicted molar refractivity (Wildman–Crippen MR) is 79.3 cm³/mol. The molecule has 2 rings (SSSR count). The van der Waals surface area contributed by atoms with E-state index >= 15 is 0 Å². The molecule has 0 aliphatic rings. The third kappa shape index (κ3) is 4.42. The average Bonchev–Trinajstić information content (AvgIpc) is 2.91. The van der Waals surface area contributed by atoms with Crippen molar-refractivity contribution in [3.8, 4) is 0 Å². The van der Waals surface area contributed by atoms with Crippen molar-refractivity contribution in [2.75, 3.05) is 20.3 Å². The molecule has 0 unspecified atom stereocenters. The van der Waals surface area contributed by atoms with Gasteiger partial charge in [0.05, 0.1) is 17.8 Å². The third-order valence-electron chi connectivity index (χ3n) is 3.14. The molecule has 0 aliphatic carbocycles. The molecule has 3 nitrogen and oxygen atoms in total. The van der Waals surface area contributed by atoms with Gasteiger partial charge in [-0.2, -0.15) is 0 Å². The number of thiazole rings is 1. The van der Waals surface area contributed by atoms with Crippen LogP contribution in [0.2, 0.25) is 0 Å². The Morgan fingerprint density at radius 2 is 2.11 bits per heavy atom. The largest absolute Gasteiger partial charge is 0.383 e. The van der Waals surface area contributed by atoms with E-state index < -0.39 is 0 Å². The molecule has 102 valence electrons. The Bertz CT molecular complexity index is 485. The maximum atomic E-state index is 5.20. The Morgan fingerprint density at radius 1 is 1.26 bits per heavy atom. The molecular weight excluding hydrogens is 256 g/mol. The zero-order chi connectivity index (χ0) is 13.5. The summed E-state index contributed by atoms with van der Waals surface area (Å²) in [6.07, 6.45) is 0. The fourth-order valence-corrected chi connectivity index (χ4v) is 2.56. The number of ether oxygens (including phenoxy) is 1. The number of nitrogens with zero attached hydrogens (tertiary/aromatic N) is 2. The van der Waals surface area contributed by atoms with Crippen molar-refractivity contribution in [2.24, 2.45) is 0 Å². The Balaban J connectivity index is 2.03. The highest BCUT2D eigenvalue weighted by Crippen LogP contribution is 2.13. The average molecular weight is 276 g/mol. The molecule has 0 spiro atoms. The molecule has 0 N–H and O–H groups in total. The molecule has 1 aromatic carbocycles. The second-order valence-electron chi connectivity index (χ2n) is 4.61. The van der Waals surface area contributed by atoms with Crippen LogP contribution in [-0.2, 0) is 17.8 Å². The monoisotopic (exact) mass is 276 g/mol. The van der Waals surface area contributed by atoms with Gasteiger partial charge in [0, 0.05) is 32.1 Å². The first-order valence-electron chi connectivity index (χ1n) is 6.42. The van der Waals surface area contributed by atoms with E-state index in [2.05, 4.69) is 46.5 Å². The lowest BCUT2D eigenvalue weighted by atomic mass is 10.1. The Kier molecular flexibility index (Phi) is 5.51. The Labute approximate surface area is 118 Å². The van der Waals surface area contributed by atoms with Crippen molar-refractivity contribution < 1.29 is 4.74 Å². The maximum Gasteiger partial charge on any atom is 0.0795 e. The summed E-state index contributed by atoms with van der Waals surface area (Å²) in [6.45, 7) is 5.64. The Hall–Kier alpha value is -1.23. The Morgan fingerprint density at radius 3 is 2.79 bits per heavy atom. The summed E-state index contributed by atoms with van der Waals surface area (Å²) in [5, 5.41) is 2.11. The zero-order valence-corrected chi connectivity index (χ0v) is 12.3. The molecule has 19 heavy (non-hydrogen) atoms. The van der Waals surface area contributed by atoms with E-state index in [1.54, 1.807) is 18.4 Å². The minimum atomic E-state index is 0.746. The zero-order valence-electron chi connectivity index (χ0n) is 11.5. The van der Waals surface area contributed by atoms with Gasteiger partial charge >= 0.3 is 0 Å². The highest BCUT2D eigenvalue weighted by Gasteiger charge is 2.09. The molecule has 2 aromatic rings. The van der Waals surface area contributed by atoms with Gasteiger partial charge < -0.3 is 4.74 Å². The van der Waals surface area contributed by atoms with Gasteiger partial charge in [0.25, 0.3) is 0 Å². The molecule has 0 bridgehead atoms. The summed E-state index contributed by atoms with van der Waals surface area (Å²) in [5.41, 5.74) is 5.73. The van der Waals surface area contributed by atoms with Crippen LogP contribution in [0, 0.1) is 6.92 Å². The fourth-order valence-electron chi connectivity index (χ4n) is 2.01. The van der Waals surface area contributed by atoms with Crippen LogP contribution in [0.4, 0.5) is 0 Å². The second kappa shape index (κ2) is 7.38. The van der Waals surface area contributed by atoms with Crippen LogP contribution in [0.25, 0.3) is 0 Å². The lowest BCUT2D eigenvalue weighted by Gasteiger charge is -2.22. The van der Waals surface area contributed by atoms with Crippen LogP contribution in [0.5, 0.6) is 0 Å². The summed E-state index contributed by atoms with van der Waals surface area (Å²) in [6, 6.07) is 8.53. The predicted octanol–water partition coefficient (Wildman–Crippen LogP) is 3.10.